The van der Waals surface area contributed by atoms with Crippen LogP contribution >= 0.6 is 0 Å². The number of carbonyl (C=O) groups is 1. The van der Waals surface area contributed by atoms with E-state index < -0.39 is 0 Å². The Balaban J connectivity index is 2.07. The van der Waals surface area contributed by atoms with E-state index in [0.717, 1.165) is 28.0 Å². The minimum atomic E-state index is -0.374. The lowest BCUT2D eigenvalue weighted by Crippen LogP contribution is -2.17. The highest BCUT2D eigenvalue weighted by molar-refractivity contribution is 6.00. The van der Waals surface area contributed by atoms with Crippen molar-refractivity contribution in [3.8, 4) is 22.6 Å². The molecule has 0 unspecified atom stereocenters. The summed E-state index contributed by atoms with van der Waals surface area (Å²) < 4.78 is 11.4. The van der Waals surface area contributed by atoms with Crippen LogP contribution in [0.4, 0.5) is 0 Å². The number of rotatable bonds is 4. The van der Waals surface area contributed by atoms with Crippen molar-refractivity contribution in [3.05, 3.63) is 83.4 Å². The molecule has 0 heterocycles. The third kappa shape index (κ3) is 3.94. The van der Waals surface area contributed by atoms with Gasteiger partial charge in [-0.3, -0.25) is 0 Å². The number of hydrogen-bond acceptors (Lipinski definition) is 3. The zero-order valence-electron chi connectivity index (χ0n) is 17.1. The van der Waals surface area contributed by atoms with Crippen molar-refractivity contribution in [3.63, 3.8) is 0 Å². The first kappa shape index (κ1) is 19.7. The minimum Gasteiger partial charge on any atom is -0.496 e. The smallest absolute Gasteiger partial charge is 0.344 e. The molecule has 0 bridgehead atoms. The molecule has 0 aliphatic rings. The van der Waals surface area contributed by atoms with E-state index in [0.29, 0.717) is 11.3 Å². The Kier molecular flexibility index (Phi) is 5.55. The fourth-order valence-corrected chi connectivity index (χ4v) is 3.38. The summed E-state index contributed by atoms with van der Waals surface area (Å²) in [6, 6.07) is 21.1. The van der Waals surface area contributed by atoms with Crippen LogP contribution in [-0.2, 0) is 5.41 Å². The van der Waals surface area contributed by atoms with Crippen molar-refractivity contribution in [1.82, 2.24) is 0 Å². The number of aryl methyl sites for hydroxylation is 1. The summed E-state index contributed by atoms with van der Waals surface area (Å²) in [5, 5.41) is 0. The topological polar surface area (TPSA) is 35.5 Å². The second kappa shape index (κ2) is 7.89. The average Bonchev–Trinajstić information content (AvgIpc) is 2.67. The zero-order chi connectivity index (χ0) is 20.3. The van der Waals surface area contributed by atoms with E-state index in [4.69, 9.17) is 9.47 Å². The third-order valence-corrected chi connectivity index (χ3v) is 4.77. The van der Waals surface area contributed by atoms with Crippen molar-refractivity contribution in [2.24, 2.45) is 0 Å². The minimum absolute atomic E-state index is 0.130. The van der Waals surface area contributed by atoms with Crippen molar-refractivity contribution in [2.45, 2.75) is 33.1 Å². The van der Waals surface area contributed by atoms with Gasteiger partial charge in [0.15, 0.2) is 0 Å². The molecule has 0 fully saturated rings. The fourth-order valence-electron chi connectivity index (χ4n) is 3.38. The maximum absolute atomic E-state index is 13.2. The van der Waals surface area contributed by atoms with Gasteiger partial charge in [-0.1, -0.05) is 69.3 Å². The highest BCUT2D eigenvalue weighted by atomic mass is 16.5. The molecule has 0 saturated carbocycles. The van der Waals surface area contributed by atoms with Crippen molar-refractivity contribution in [1.29, 1.82) is 0 Å². The molecular formula is C25H26O3. The van der Waals surface area contributed by atoms with Gasteiger partial charge in [0, 0.05) is 16.7 Å². The van der Waals surface area contributed by atoms with Gasteiger partial charge in [0.1, 0.15) is 11.5 Å². The standard InChI is InChI=1S/C25H26O3/c1-17-11-10-13-19(23(17)18-12-6-8-15-21(18)27-5)24(26)28-22-16-9-7-14-20(22)25(2,3)4/h6-16H,1-5H3. The van der Waals surface area contributed by atoms with Crippen molar-refractivity contribution >= 4 is 5.97 Å². The SMILES string of the molecule is COc1ccccc1-c1c(C)cccc1C(=O)Oc1ccccc1C(C)(C)C. The fraction of sp³-hybridized carbons (Fsp3) is 0.240. The van der Waals surface area contributed by atoms with Crippen LogP contribution < -0.4 is 9.47 Å². The van der Waals surface area contributed by atoms with Gasteiger partial charge in [0.25, 0.3) is 0 Å². The Bertz CT molecular complexity index is 997. The number of para-hydroxylation sites is 2. The summed E-state index contributed by atoms with van der Waals surface area (Å²) in [5.41, 5.74) is 4.08. The number of ether oxygens (including phenoxy) is 2. The van der Waals surface area contributed by atoms with Crippen molar-refractivity contribution in [2.75, 3.05) is 7.11 Å². The molecule has 0 N–H and O–H groups in total. The van der Waals surface area contributed by atoms with E-state index in [1.807, 2.05) is 67.6 Å². The lowest BCUT2D eigenvalue weighted by molar-refractivity contribution is 0.0732. The van der Waals surface area contributed by atoms with Crippen LogP contribution in [0.1, 0.15) is 42.3 Å². The molecule has 0 amide bonds. The molecule has 0 atom stereocenters. The molecule has 0 aromatic heterocycles. The van der Waals surface area contributed by atoms with Gasteiger partial charge in [-0.05, 0) is 36.1 Å². The molecule has 0 aliphatic carbocycles. The van der Waals surface area contributed by atoms with E-state index in [-0.39, 0.29) is 11.4 Å². The van der Waals surface area contributed by atoms with Crippen LogP contribution in [0, 0.1) is 6.92 Å². The number of benzene rings is 3. The molecule has 144 valence electrons. The predicted molar refractivity (Wildman–Crippen MR) is 113 cm³/mol. The Hall–Kier alpha value is -3.07. The van der Waals surface area contributed by atoms with E-state index in [1.54, 1.807) is 13.2 Å². The Morgan fingerprint density at radius 3 is 2.14 bits per heavy atom. The quantitative estimate of drug-likeness (QED) is 0.404. The van der Waals surface area contributed by atoms with Crippen LogP contribution in [0.2, 0.25) is 0 Å². The summed E-state index contributed by atoms with van der Waals surface area (Å²) in [6.45, 7) is 8.30. The molecule has 28 heavy (non-hydrogen) atoms. The molecule has 3 heteroatoms. The van der Waals surface area contributed by atoms with Crippen LogP contribution in [0.25, 0.3) is 11.1 Å². The summed E-state index contributed by atoms with van der Waals surface area (Å²) in [7, 11) is 1.63. The molecule has 3 nitrogen and oxygen atoms in total. The normalized spacial score (nSPS) is 11.2. The zero-order valence-corrected chi connectivity index (χ0v) is 17.1. The number of esters is 1. The number of methoxy groups -OCH3 is 1. The summed E-state index contributed by atoms with van der Waals surface area (Å²) in [5.74, 6) is 0.940. The molecular weight excluding hydrogens is 348 g/mol. The molecule has 0 spiro atoms. The molecule has 0 saturated heterocycles. The van der Waals surface area contributed by atoms with Crippen LogP contribution in [-0.4, -0.2) is 13.1 Å². The monoisotopic (exact) mass is 374 g/mol. The van der Waals surface area contributed by atoms with Crippen LogP contribution in [0.15, 0.2) is 66.7 Å². The largest absolute Gasteiger partial charge is 0.496 e. The summed E-state index contributed by atoms with van der Waals surface area (Å²) in [6.07, 6.45) is 0. The van der Waals surface area contributed by atoms with E-state index in [1.165, 1.54) is 0 Å². The second-order valence-corrected chi connectivity index (χ2v) is 7.83. The van der Waals surface area contributed by atoms with Gasteiger partial charge in [0.05, 0.1) is 12.7 Å². The molecule has 3 aromatic rings. The van der Waals surface area contributed by atoms with Gasteiger partial charge in [-0.2, -0.15) is 0 Å². The summed E-state index contributed by atoms with van der Waals surface area (Å²) in [4.78, 5) is 13.2. The van der Waals surface area contributed by atoms with Crippen LogP contribution in [0.5, 0.6) is 11.5 Å². The highest BCUT2D eigenvalue weighted by Gasteiger charge is 2.23. The Morgan fingerprint density at radius 1 is 0.821 bits per heavy atom. The maximum Gasteiger partial charge on any atom is 0.344 e. The number of carbonyl (C=O) groups excluding carboxylic acids is 1. The van der Waals surface area contributed by atoms with Crippen LogP contribution in [0.3, 0.4) is 0 Å². The molecule has 0 aliphatic heterocycles. The molecule has 0 radical (unpaired) electrons. The lowest BCUT2D eigenvalue weighted by Gasteiger charge is -2.22. The second-order valence-electron chi connectivity index (χ2n) is 7.83. The average molecular weight is 374 g/mol. The first-order valence-corrected chi connectivity index (χ1v) is 9.37. The Labute approximate surface area is 166 Å². The van der Waals surface area contributed by atoms with E-state index in [9.17, 15) is 4.79 Å². The number of hydrogen-bond donors (Lipinski definition) is 0. The summed E-state index contributed by atoms with van der Waals surface area (Å²) >= 11 is 0. The molecule has 3 rings (SSSR count). The Morgan fingerprint density at radius 2 is 1.46 bits per heavy atom. The van der Waals surface area contributed by atoms with E-state index >= 15 is 0 Å². The van der Waals surface area contributed by atoms with Gasteiger partial charge in [-0.25, -0.2) is 4.79 Å². The van der Waals surface area contributed by atoms with Gasteiger partial charge < -0.3 is 9.47 Å². The van der Waals surface area contributed by atoms with Gasteiger partial charge in [-0.15, -0.1) is 0 Å². The maximum atomic E-state index is 13.2. The lowest BCUT2D eigenvalue weighted by atomic mass is 9.86. The predicted octanol–water partition coefficient (Wildman–Crippen LogP) is 6.19. The highest BCUT2D eigenvalue weighted by Crippen LogP contribution is 2.36. The van der Waals surface area contributed by atoms with E-state index in [2.05, 4.69) is 20.8 Å². The molecule has 3 aromatic carbocycles. The van der Waals surface area contributed by atoms with Gasteiger partial charge in [0.2, 0.25) is 0 Å². The van der Waals surface area contributed by atoms with Crippen molar-refractivity contribution < 1.29 is 14.3 Å². The van der Waals surface area contributed by atoms with Gasteiger partial charge >= 0.3 is 5.97 Å². The third-order valence-electron chi connectivity index (χ3n) is 4.77. The first-order chi connectivity index (χ1) is 13.3. The first-order valence-electron chi connectivity index (χ1n) is 9.37.